The van der Waals surface area contributed by atoms with Crippen molar-refractivity contribution in [2.45, 2.75) is 38.6 Å². The average molecular weight is 335 g/mol. The van der Waals surface area contributed by atoms with Gasteiger partial charge in [0.25, 0.3) is 0 Å². The minimum absolute atomic E-state index is 0.444. The first-order chi connectivity index (χ1) is 9.67. The van der Waals surface area contributed by atoms with Gasteiger partial charge in [0, 0.05) is 18.4 Å². The van der Waals surface area contributed by atoms with Crippen LogP contribution < -0.4 is 0 Å². The monoisotopic (exact) mass is 334 g/mol. The van der Waals surface area contributed by atoms with Crippen LogP contribution in [0, 0.1) is 16.7 Å². The number of hydrogen-bond acceptors (Lipinski definition) is 2. The van der Waals surface area contributed by atoms with E-state index in [1.165, 1.54) is 37.7 Å². The summed E-state index contributed by atoms with van der Waals surface area (Å²) in [7, 11) is 2.19. The van der Waals surface area contributed by atoms with Crippen LogP contribution in [0.1, 0.15) is 43.2 Å². The highest BCUT2D eigenvalue weighted by Crippen LogP contribution is 2.38. The Morgan fingerprint density at radius 3 is 2.70 bits per heavy atom. The molecular formula is C17H23BrN2. The second-order valence-corrected chi connectivity index (χ2v) is 6.74. The summed E-state index contributed by atoms with van der Waals surface area (Å²) >= 11 is 3.74. The summed E-state index contributed by atoms with van der Waals surface area (Å²) in [6, 6.07) is 10.2. The van der Waals surface area contributed by atoms with Crippen molar-refractivity contribution >= 4 is 15.9 Å². The fourth-order valence-corrected chi connectivity index (χ4v) is 4.05. The van der Waals surface area contributed by atoms with Crippen molar-refractivity contribution in [1.29, 1.82) is 5.26 Å². The lowest BCUT2D eigenvalue weighted by Gasteiger charge is -2.39. The quantitative estimate of drug-likeness (QED) is 0.749. The third kappa shape index (κ3) is 4.07. The third-order valence-electron chi connectivity index (χ3n) is 4.31. The van der Waals surface area contributed by atoms with Crippen molar-refractivity contribution in [3.8, 4) is 6.07 Å². The second kappa shape index (κ2) is 7.24. The maximum atomic E-state index is 8.97. The van der Waals surface area contributed by atoms with Gasteiger partial charge in [-0.2, -0.15) is 5.26 Å². The zero-order valence-electron chi connectivity index (χ0n) is 12.2. The lowest BCUT2D eigenvalue weighted by molar-refractivity contribution is 0.141. The lowest BCUT2D eigenvalue weighted by atomic mass is 9.75. The van der Waals surface area contributed by atoms with Gasteiger partial charge in [-0.25, -0.2) is 0 Å². The van der Waals surface area contributed by atoms with Gasteiger partial charge in [0.1, 0.15) is 0 Å². The first-order valence-electron chi connectivity index (χ1n) is 7.41. The number of benzene rings is 1. The maximum absolute atomic E-state index is 8.97. The van der Waals surface area contributed by atoms with Crippen LogP contribution >= 0.6 is 15.9 Å². The number of rotatable bonds is 5. The molecule has 2 nitrogen and oxygen atoms in total. The molecule has 108 valence electrons. The Kier molecular flexibility index (Phi) is 5.63. The first kappa shape index (κ1) is 15.5. The fourth-order valence-electron chi connectivity index (χ4n) is 3.32. The van der Waals surface area contributed by atoms with E-state index in [1.54, 1.807) is 0 Å². The van der Waals surface area contributed by atoms with E-state index in [2.05, 4.69) is 40.0 Å². The molecule has 0 saturated heterocycles. The van der Waals surface area contributed by atoms with E-state index in [0.29, 0.717) is 5.41 Å². The van der Waals surface area contributed by atoms with Gasteiger partial charge in [-0.3, -0.25) is 0 Å². The van der Waals surface area contributed by atoms with Crippen LogP contribution in [-0.4, -0.2) is 23.8 Å². The van der Waals surface area contributed by atoms with E-state index in [-0.39, 0.29) is 0 Å². The van der Waals surface area contributed by atoms with Crippen LogP contribution in [0.4, 0.5) is 0 Å². The first-order valence-corrected chi connectivity index (χ1v) is 8.53. The summed E-state index contributed by atoms with van der Waals surface area (Å²) in [5.41, 5.74) is 2.43. The molecule has 1 saturated carbocycles. The van der Waals surface area contributed by atoms with Crippen LogP contribution in [0.15, 0.2) is 24.3 Å². The molecule has 2 rings (SSSR count). The fraction of sp³-hybridized carbons (Fsp3) is 0.588. The van der Waals surface area contributed by atoms with E-state index in [4.69, 9.17) is 5.26 Å². The Labute approximate surface area is 130 Å². The van der Waals surface area contributed by atoms with Gasteiger partial charge in [0.2, 0.25) is 0 Å². The number of halogens is 1. The molecule has 3 heteroatoms. The summed E-state index contributed by atoms with van der Waals surface area (Å²) in [5, 5.41) is 10.1. The molecule has 0 radical (unpaired) electrons. The molecule has 1 aromatic rings. The van der Waals surface area contributed by atoms with Gasteiger partial charge < -0.3 is 4.90 Å². The minimum atomic E-state index is 0.444. The third-order valence-corrected chi connectivity index (χ3v) is 5.50. The summed E-state index contributed by atoms with van der Waals surface area (Å²) in [6.45, 7) is 2.05. The summed E-state index contributed by atoms with van der Waals surface area (Å²) in [6.07, 6.45) is 6.79. The van der Waals surface area contributed by atoms with Crippen molar-refractivity contribution < 1.29 is 0 Å². The Morgan fingerprint density at radius 2 is 2.05 bits per heavy atom. The Hall–Kier alpha value is -0.850. The predicted octanol–water partition coefficient (Wildman–Crippen LogP) is 4.34. The van der Waals surface area contributed by atoms with Gasteiger partial charge in [-0.1, -0.05) is 47.3 Å². The highest BCUT2D eigenvalue weighted by Gasteiger charge is 2.31. The molecule has 0 unspecified atom stereocenters. The van der Waals surface area contributed by atoms with E-state index >= 15 is 0 Å². The molecule has 0 aromatic heterocycles. The smallest absolute Gasteiger partial charge is 0.0991 e. The molecule has 0 bridgehead atoms. The molecule has 0 atom stereocenters. The van der Waals surface area contributed by atoms with Crippen molar-refractivity contribution in [3.05, 3.63) is 35.4 Å². The second-order valence-electron chi connectivity index (χ2n) is 6.18. The molecule has 0 spiro atoms. The van der Waals surface area contributed by atoms with Crippen LogP contribution in [0.25, 0.3) is 0 Å². The lowest BCUT2D eigenvalue weighted by Crippen LogP contribution is -2.38. The van der Waals surface area contributed by atoms with E-state index in [9.17, 15) is 0 Å². The van der Waals surface area contributed by atoms with Gasteiger partial charge in [-0.05, 0) is 43.0 Å². The van der Waals surface area contributed by atoms with Gasteiger partial charge in [-0.15, -0.1) is 0 Å². The highest BCUT2D eigenvalue weighted by atomic mass is 79.9. The Bertz CT molecular complexity index is 472. The standard InChI is InChI=1S/C17H23BrN2/c1-20(12-16-7-5-6-15(10-16)11-19)14-17(13-18)8-3-2-4-9-17/h5-7,10H,2-4,8-9,12-14H2,1H3. The van der Waals surface area contributed by atoms with Crippen LogP contribution in [0.2, 0.25) is 0 Å². The zero-order chi connectivity index (χ0) is 14.4. The summed E-state index contributed by atoms with van der Waals surface area (Å²) in [4.78, 5) is 2.41. The number of nitriles is 1. The predicted molar refractivity (Wildman–Crippen MR) is 86.8 cm³/mol. The topological polar surface area (TPSA) is 27.0 Å². The average Bonchev–Trinajstić information content (AvgIpc) is 2.48. The Balaban J connectivity index is 1.97. The molecule has 0 N–H and O–H groups in total. The molecule has 20 heavy (non-hydrogen) atoms. The van der Waals surface area contributed by atoms with Gasteiger partial charge in [0.05, 0.1) is 11.6 Å². The van der Waals surface area contributed by atoms with Crippen molar-refractivity contribution in [2.75, 3.05) is 18.9 Å². The number of nitrogens with zero attached hydrogens (tertiary/aromatic N) is 2. The molecule has 0 aliphatic heterocycles. The molecule has 0 amide bonds. The number of alkyl halides is 1. The van der Waals surface area contributed by atoms with Crippen molar-refractivity contribution in [1.82, 2.24) is 4.90 Å². The summed E-state index contributed by atoms with van der Waals surface area (Å²) in [5.74, 6) is 0. The van der Waals surface area contributed by atoms with E-state index < -0.39 is 0 Å². The molecule has 1 aliphatic rings. The maximum Gasteiger partial charge on any atom is 0.0991 e. The molecule has 0 heterocycles. The molecule has 1 fully saturated rings. The van der Waals surface area contributed by atoms with Crippen LogP contribution in [0.5, 0.6) is 0 Å². The van der Waals surface area contributed by atoms with Crippen LogP contribution in [-0.2, 0) is 6.54 Å². The highest BCUT2D eigenvalue weighted by molar-refractivity contribution is 9.09. The number of hydrogen-bond donors (Lipinski definition) is 0. The minimum Gasteiger partial charge on any atom is -0.302 e. The largest absolute Gasteiger partial charge is 0.302 e. The van der Waals surface area contributed by atoms with E-state index in [1.807, 2.05) is 18.2 Å². The van der Waals surface area contributed by atoms with Gasteiger partial charge in [0.15, 0.2) is 0 Å². The van der Waals surface area contributed by atoms with Gasteiger partial charge >= 0.3 is 0 Å². The zero-order valence-corrected chi connectivity index (χ0v) is 13.8. The SMILES string of the molecule is CN(Cc1cccc(C#N)c1)CC1(CBr)CCCCC1. The van der Waals surface area contributed by atoms with Crippen molar-refractivity contribution in [3.63, 3.8) is 0 Å². The molecule has 1 aliphatic carbocycles. The normalized spacial score (nSPS) is 17.9. The van der Waals surface area contributed by atoms with Crippen molar-refractivity contribution in [2.24, 2.45) is 5.41 Å². The van der Waals surface area contributed by atoms with E-state index in [0.717, 1.165) is 24.0 Å². The summed E-state index contributed by atoms with van der Waals surface area (Å²) < 4.78 is 0. The molecular weight excluding hydrogens is 312 g/mol. The van der Waals surface area contributed by atoms with Crippen LogP contribution in [0.3, 0.4) is 0 Å². The Morgan fingerprint density at radius 1 is 1.30 bits per heavy atom. The molecule has 1 aromatic carbocycles.